The van der Waals surface area contributed by atoms with Gasteiger partial charge in [-0.25, -0.2) is 0 Å². The molecule has 1 aromatic heterocycles. The SMILES string of the molecule is O=C1NC(=O)[C@@H](c2c[nH]c3ccccc23)C1/C1=C/NCCCc2cccc1c2. The summed E-state index contributed by atoms with van der Waals surface area (Å²) in [5.74, 6) is -1.59. The number of imide groups is 1. The Bertz CT molecular complexity index is 1110. The third-order valence-electron chi connectivity index (χ3n) is 5.74. The molecule has 5 heteroatoms. The van der Waals surface area contributed by atoms with Crippen molar-refractivity contribution in [3.63, 3.8) is 0 Å². The third kappa shape index (κ3) is 2.71. The molecule has 0 radical (unpaired) electrons. The molecule has 2 amide bonds. The Morgan fingerprint density at radius 2 is 1.79 bits per heavy atom. The van der Waals surface area contributed by atoms with E-state index in [0.717, 1.165) is 47.0 Å². The lowest BCUT2D eigenvalue weighted by Gasteiger charge is -2.19. The predicted molar refractivity (Wildman–Crippen MR) is 108 cm³/mol. The Morgan fingerprint density at radius 3 is 2.71 bits per heavy atom. The number of hydrogen-bond acceptors (Lipinski definition) is 3. The highest BCUT2D eigenvalue weighted by atomic mass is 16.2. The molecule has 5 nitrogen and oxygen atoms in total. The van der Waals surface area contributed by atoms with E-state index < -0.39 is 11.8 Å². The van der Waals surface area contributed by atoms with Crippen LogP contribution in [-0.2, 0) is 16.0 Å². The van der Waals surface area contributed by atoms with Crippen molar-refractivity contribution >= 4 is 28.3 Å². The maximum Gasteiger partial charge on any atom is 0.235 e. The van der Waals surface area contributed by atoms with Gasteiger partial charge in [0.05, 0.1) is 11.8 Å². The number of para-hydroxylation sites is 1. The van der Waals surface area contributed by atoms with Crippen LogP contribution in [0.4, 0.5) is 0 Å². The maximum absolute atomic E-state index is 12.9. The van der Waals surface area contributed by atoms with E-state index in [9.17, 15) is 9.59 Å². The summed E-state index contributed by atoms with van der Waals surface area (Å²) < 4.78 is 0. The van der Waals surface area contributed by atoms with Crippen molar-refractivity contribution in [3.8, 4) is 0 Å². The minimum absolute atomic E-state index is 0.238. The molecule has 1 fully saturated rings. The molecule has 3 heterocycles. The zero-order valence-electron chi connectivity index (χ0n) is 15.4. The fourth-order valence-corrected chi connectivity index (χ4v) is 4.41. The van der Waals surface area contributed by atoms with E-state index in [1.54, 1.807) is 0 Å². The van der Waals surface area contributed by atoms with Crippen molar-refractivity contribution in [2.24, 2.45) is 5.92 Å². The van der Waals surface area contributed by atoms with Crippen LogP contribution in [0.25, 0.3) is 16.5 Å². The Labute approximate surface area is 162 Å². The Hall–Kier alpha value is -3.34. The van der Waals surface area contributed by atoms with Gasteiger partial charge in [-0.15, -0.1) is 0 Å². The monoisotopic (exact) mass is 371 g/mol. The van der Waals surface area contributed by atoms with Gasteiger partial charge in [0.1, 0.15) is 0 Å². The van der Waals surface area contributed by atoms with E-state index in [1.165, 1.54) is 5.56 Å². The third-order valence-corrected chi connectivity index (χ3v) is 5.74. The highest BCUT2D eigenvalue weighted by molar-refractivity contribution is 6.14. The number of hydrogen-bond donors (Lipinski definition) is 3. The molecule has 0 spiro atoms. The first kappa shape index (κ1) is 16.8. The van der Waals surface area contributed by atoms with Gasteiger partial charge in [0, 0.05) is 29.8 Å². The van der Waals surface area contributed by atoms with E-state index in [0.29, 0.717) is 0 Å². The Morgan fingerprint density at radius 1 is 0.929 bits per heavy atom. The number of aryl methyl sites for hydroxylation is 1. The van der Waals surface area contributed by atoms with E-state index in [-0.39, 0.29) is 11.8 Å². The van der Waals surface area contributed by atoms with Crippen molar-refractivity contribution in [1.82, 2.24) is 15.6 Å². The average molecular weight is 371 g/mol. The van der Waals surface area contributed by atoms with Crippen LogP contribution in [0.2, 0.25) is 0 Å². The van der Waals surface area contributed by atoms with Crippen LogP contribution in [-0.4, -0.2) is 23.3 Å². The summed E-state index contributed by atoms with van der Waals surface area (Å²) in [7, 11) is 0. The van der Waals surface area contributed by atoms with Gasteiger partial charge in [0.2, 0.25) is 11.8 Å². The van der Waals surface area contributed by atoms with Gasteiger partial charge >= 0.3 is 0 Å². The first-order chi connectivity index (χ1) is 13.7. The van der Waals surface area contributed by atoms with Crippen molar-refractivity contribution < 1.29 is 9.59 Å². The number of carbonyl (C=O) groups is 2. The van der Waals surface area contributed by atoms with Gasteiger partial charge in [0.25, 0.3) is 0 Å². The van der Waals surface area contributed by atoms with Gasteiger partial charge in [-0.3, -0.25) is 14.9 Å². The summed E-state index contributed by atoms with van der Waals surface area (Å²) in [5.41, 5.74) is 4.93. The molecule has 1 saturated heterocycles. The summed E-state index contributed by atoms with van der Waals surface area (Å²) in [6.45, 7) is 0.835. The smallest absolute Gasteiger partial charge is 0.235 e. The molecule has 1 unspecified atom stereocenters. The lowest BCUT2D eigenvalue weighted by atomic mass is 9.80. The average Bonchev–Trinajstić information content (AvgIpc) is 3.25. The number of H-pyrrole nitrogens is 1. The molecule has 2 bridgehead atoms. The van der Waals surface area contributed by atoms with Crippen LogP contribution in [0.15, 0.2) is 60.9 Å². The molecule has 0 saturated carbocycles. The minimum Gasteiger partial charge on any atom is -0.391 e. The van der Waals surface area contributed by atoms with Crippen molar-refractivity contribution in [2.75, 3.05) is 6.54 Å². The normalized spacial score (nSPS) is 23.9. The second kappa shape index (κ2) is 6.68. The number of rotatable bonds is 2. The topological polar surface area (TPSA) is 74.0 Å². The number of aromatic amines is 1. The molecule has 0 aliphatic carbocycles. The van der Waals surface area contributed by atoms with Crippen LogP contribution in [0.3, 0.4) is 0 Å². The van der Waals surface area contributed by atoms with Gasteiger partial charge < -0.3 is 10.3 Å². The fraction of sp³-hybridized carbons (Fsp3) is 0.217. The minimum atomic E-state index is -0.562. The number of fused-ring (bicyclic) bond motifs is 3. The number of nitrogens with one attached hydrogen (secondary N) is 3. The van der Waals surface area contributed by atoms with Crippen molar-refractivity contribution in [1.29, 1.82) is 0 Å². The first-order valence-electron chi connectivity index (χ1n) is 9.66. The molecule has 2 aliphatic heterocycles. The lowest BCUT2D eigenvalue weighted by molar-refractivity contribution is -0.125. The van der Waals surface area contributed by atoms with Crippen molar-refractivity contribution in [3.05, 3.63) is 77.6 Å². The number of benzene rings is 2. The van der Waals surface area contributed by atoms with Gasteiger partial charge in [-0.1, -0.05) is 42.5 Å². The summed E-state index contributed by atoms with van der Waals surface area (Å²) in [6, 6.07) is 16.2. The number of carbonyl (C=O) groups excluding carboxylic acids is 2. The van der Waals surface area contributed by atoms with E-state index in [4.69, 9.17) is 0 Å². The molecule has 3 aromatic rings. The van der Waals surface area contributed by atoms with Crippen LogP contribution < -0.4 is 10.6 Å². The molecular formula is C23H21N3O2. The second-order valence-corrected chi connectivity index (χ2v) is 7.46. The van der Waals surface area contributed by atoms with E-state index >= 15 is 0 Å². The zero-order valence-corrected chi connectivity index (χ0v) is 15.4. The number of aromatic nitrogens is 1. The first-order valence-corrected chi connectivity index (χ1v) is 9.66. The summed E-state index contributed by atoms with van der Waals surface area (Å²) in [4.78, 5) is 29.0. The Balaban J connectivity index is 1.65. The molecule has 28 heavy (non-hydrogen) atoms. The lowest BCUT2D eigenvalue weighted by Crippen LogP contribution is -2.23. The summed E-state index contributed by atoms with van der Waals surface area (Å²) in [5, 5.41) is 6.89. The molecule has 2 aliphatic rings. The van der Waals surface area contributed by atoms with Gasteiger partial charge in [0.15, 0.2) is 0 Å². The molecule has 2 aromatic carbocycles. The molecular weight excluding hydrogens is 350 g/mol. The fourth-order valence-electron chi connectivity index (χ4n) is 4.41. The highest BCUT2D eigenvalue weighted by Crippen LogP contribution is 2.41. The maximum atomic E-state index is 12.9. The molecule has 2 atom stereocenters. The van der Waals surface area contributed by atoms with Crippen LogP contribution in [0, 0.1) is 5.92 Å². The summed E-state index contributed by atoms with van der Waals surface area (Å²) in [6.07, 6.45) is 5.80. The predicted octanol–water partition coefficient (Wildman–Crippen LogP) is 3.10. The highest BCUT2D eigenvalue weighted by Gasteiger charge is 2.45. The van der Waals surface area contributed by atoms with Gasteiger partial charge in [-0.2, -0.15) is 0 Å². The van der Waals surface area contributed by atoms with Crippen LogP contribution in [0.5, 0.6) is 0 Å². The summed E-state index contributed by atoms with van der Waals surface area (Å²) >= 11 is 0. The van der Waals surface area contributed by atoms with Gasteiger partial charge in [-0.05, 0) is 41.2 Å². The Kier molecular flexibility index (Phi) is 4.01. The van der Waals surface area contributed by atoms with Crippen LogP contribution in [0.1, 0.15) is 29.0 Å². The van der Waals surface area contributed by atoms with E-state index in [1.807, 2.05) is 48.8 Å². The largest absolute Gasteiger partial charge is 0.391 e. The zero-order chi connectivity index (χ0) is 19.1. The van der Waals surface area contributed by atoms with Crippen molar-refractivity contribution in [2.45, 2.75) is 18.8 Å². The van der Waals surface area contributed by atoms with Crippen LogP contribution >= 0.6 is 0 Å². The number of amides is 2. The molecule has 3 N–H and O–H groups in total. The second-order valence-electron chi connectivity index (χ2n) is 7.46. The quantitative estimate of drug-likeness (QED) is 0.606. The van der Waals surface area contributed by atoms with E-state index in [2.05, 4.69) is 27.8 Å². The molecule has 140 valence electrons. The standard InChI is InChI=1S/C23H21N3O2/c27-22-20(17-12-24-10-4-6-14-5-3-7-15(17)11-14)21(23(28)26-22)18-13-25-19-9-2-1-8-16(18)19/h1-3,5,7-9,11-13,20-21,24-25H,4,6,10H2,(H,26,27,28)/b17-12+/t20?,21-/m0/s1. The molecule has 5 rings (SSSR count).